The third kappa shape index (κ3) is 2.18. The fourth-order valence-corrected chi connectivity index (χ4v) is 2.06. The Morgan fingerprint density at radius 3 is 2.37 bits per heavy atom. The molecule has 19 heavy (non-hydrogen) atoms. The SMILES string of the molecule is CC(C)n1cncc1-c1nc(C(C)(C)C)n(N)c1N. The van der Waals surface area contributed by atoms with Crippen LogP contribution in [0.4, 0.5) is 5.82 Å². The lowest BCUT2D eigenvalue weighted by Crippen LogP contribution is -2.24. The molecule has 6 heteroatoms. The molecule has 6 nitrogen and oxygen atoms in total. The van der Waals surface area contributed by atoms with Gasteiger partial charge in [0.05, 0.1) is 18.2 Å². The second-order valence-electron chi connectivity index (χ2n) is 6.07. The van der Waals surface area contributed by atoms with Gasteiger partial charge in [-0.3, -0.25) is 0 Å². The maximum Gasteiger partial charge on any atom is 0.152 e. The summed E-state index contributed by atoms with van der Waals surface area (Å²) < 4.78 is 3.50. The van der Waals surface area contributed by atoms with Crippen LogP contribution in [0.15, 0.2) is 12.5 Å². The average Bonchev–Trinajstić information content (AvgIpc) is 2.84. The largest absolute Gasteiger partial charge is 0.382 e. The lowest BCUT2D eigenvalue weighted by Gasteiger charge is -2.17. The van der Waals surface area contributed by atoms with Gasteiger partial charge in [-0.2, -0.15) is 0 Å². The van der Waals surface area contributed by atoms with Crippen molar-refractivity contribution < 1.29 is 0 Å². The summed E-state index contributed by atoms with van der Waals surface area (Å²) in [6.45, 7) is 10.3. The van der Waals surface area contributed by atoms with Crippen LogP contribution in [-0.4, -0.2) is 19.2 Å². The van der Waals surface area contributed by atoms with E-state index in [-0.39, 0.29) is 11.5 Å². The standard InChI is InChI=1S/C13H22N6/c1-8(2)18-7-16-6-9(18)10-11(14)19(15)12(17-10)13(3,4)5/h6-8H,14-15H2,1-5H3. The molecule has 0 aliphatic rings. The predicted octanol–water partition coefficient (Wildman–Crippen LogP) is 1.92. The van der Waals surface area contributed by atoms with Crippen LogP contribution >= 0.6 is 0 Å². The number of imidazole rings is 2. The van der Waals surface area contributed by atoms with E-state index < -0.39 is 0 Å². The first-order chi connectivity index (χ1) is 8.73. The number of hydrogen-bond acceptors (Lipinski definition) is 4. The third-order valence-electron chi connectivity index (χ3n) is 3.08. The normalized spacial score (nSPS) is 12.3. The molecule has 4 N–H and O–H groups in total. The first-order valence-corrected chi connectivity index (χ1v) is 6.39. The van der Waals surface area contributed by atoms with Crippen LogP contribution in [0.1, 0.15) is 46.5 Å². The molecule has 0 saturated carbocycles. The van der Waals surface area contributed by atoms with E-state index in [2.05, 4.69) is 44.6 Å². The van der Waals surface area contributed by atoms with Crippen molar-refractivity contribution in [2.75, 3.05) is 11.6 Å². The molecule has 0 radical (unpaired) electrons. The van der Waals surface area contributed by atoms with Crippen molar-refractivity contribution in [3.05, 3.63) is 18.3 Å². The van der Waals surface area contributed by atoms with Gasteiger partial charge in [0.15, 0.2) is 5.82 Å². The number of rotatable bonds is 2. The van der Waals surface area contributed by atoms with E-state index in [0.717, 1.165) is 11.5 Å². The molecule has 2 aromatic heterocycles. The van der Waals surface area contributed by atoms with Gasteiger partial charge in [0.1, 0.15) is 11.5 Å². The summed E-state index contributed by atoms with van der Waals surface area (Å²) in [5.74, 6) is 7.25. The van der Waals surface area contributed by atoms with E-state index >= 15 is 0 Å². The number of hydrogen-bond donors (Lipinski definition) is 2. The van der Waals surface area contributed by atoms with Crippen LogP contribution in [0.5, 0.6) is 0 Å². The van der Waals surface area contributed by atoms with Crippen LogP contribution < -0.4 is 11.6 Å². The van der Waals surface area contributed by atoms with Crippen molar-refractivity contribution >= 4 is 5.82 Å². The molecule has 0 unspecified atom stereocenters. The zero-order valence-corrected chi connectivity index (χ0v) is 12.2. The van der Waals surface area contributed by atoms with Gasteiger partial charge in [-0.1, -0.05) is 20.8 Å². The maximum absolute atomic E-state index is 6.09. The fraction of sp³-hybridized carbons (Fsp3) is 0.538. The molecule has 0 atom stereocenters. The molecule has 0 spiro atoms. The highest BCUT2D eigenvalue weighted by Gasteiger charge is 2.26. The molecule has 104 valence electrons. The summed E-state index contributed by atoms with van der Waals surface area (Å²) in [5.41, 5.74) is 7.52. The summed E-state index contributed by atoms with van der Waals surface area (Å²) in [5, 5.41) is 0. The van der Waals surface area contributed by atoms with Crippen molar-refractivity contribution in [2.45, 2.75) is 46.1 Å². The van der Waals surface area contributed by atoms with E-state index in [4.69, 9.17) is 11.6 Å². The van der Waals surface area contributed by atoms with Gasteiger partial charge in [0.25, 0.3) is 0 Å². The maximum atomic E-state index is 6.09. The van der Waals surface area contributed by atoms with Crippen LogP contribution in [0.2, 0.25) is 0 Å². The highest BCUT2D eigenvalue weighted by molar-refractivity contribution is 5.68. The monoisotopic (exact) mass is 262 g/mol. The number of nitrogens with two attached hydrogens (primary N) is 2. The number of nitrogens with zero attached hydrogens (tertiary/aromatic N) is 4. The van der Waals surface area contributed by atoms with Crippen LogP contribution in [-0.2, 0) is 5.41 Å². The Labute approximate surface area is 113 Å². The lowest BCUT2D eigenvalue weighted by molar-refractivity contribution is 0.531. The zero-order chi connectivity index (χ0) is 14.4. The number of aromatic nitrogens is 4. The summed E-state index contributed by atoms with van der Waals surface area (Å²) in [4.78, 5) is 8.80. The smallest absolute Gasteiger partial charge is 0.152 e. The van der Waals surface area contributed by atoms with Crippen LogP contribution in [0.25, 0.3) is 11.4 Å². The van der Waals surface area contributed by atoms with Gasteiger partial charge in [-0.05, 0) is 13.8 Å². The van der Waals surface area contributed by atoms with Crippen LogP contribution in [0, 0.1) is 0 Å². The third-order valence-corrected chi connectivity index (χ3v) is 3.08. The first-order valence-electron chi connectivity index (χ1n) is 6.39. The first kappa shape index (κ1) is 13.5. The second kappa shape index (κ2) is 4.29. The van der Waals surface area contributed by atoms with Crippen molar-refractivity contribution in [1.29, 1.82) is 0 Å². The Bertz CT molecular complexity index is 585. The van der Waals surface area contributed by atoms with Gasteiger partial charge >= 0.3 is 0 Å². The average molecular weight is 262 g/mol. The Morgan fingerprint density at radius 2 is 1.89 bits per heavy atom. The minimum atomic E-state index is -0.163. The number of nitrogen functional groups attached to an aromatic ring is 2. The molecular weight excluding hydrogens is 240 g/mol. The molecule has 0 aromatic carbocycles. The van der Waals surface area contributed by atoms with E-state index in [1.165, 1.54) is 4.68 Å². The Balaban J connectivity index is 2.61. The summed E-state index contributed by atoms with van der Waals surface area (Å²) in [6, 6.07) is 0.290. The van der Waals surface area contributed by atoms with Gasteiger partial charge in [-0.25, -0.2) is 14.6 Å². The molecule has 0 saturated heterocycles. The number of anilines is 1. The molecule has 2 aromatic rings. The van der Waals surface area contributed by atoms with Crippen molar-refractivity contribution in [3.8, 4) is 11.4 Å². The summed E-state index contributed by atoms with van der Waals surface area (Å²) >= 11 is 0. The molecule has 2 heterocycles. The van der Waals surface area contributed by atoms with Gasteiger partial charge < -0.3 is 16.1 Å². The minimum Gasteiger partial charge on any atom is -0.382 e. The van der Waals surface area contributed by atoms with Gasteiger partial charge in [0, 0.05) is 11.5 Å². The Hall–Kier alpha value is -1.98. The molecular formula is C13H22N6. The quantitative estimate of drug-likeness (QED) is 0.809. The highest BCUT2D eigenvalue weighted by Crippen LogP contribution is 2.31. The highest BCUT2D eigenvalue weighted by atomic mass is 15.4. The zero-order valence-electron chi connectivity index (χ0n) is 12.2. The van der Waals surface area contributed by atoms with Crippen LogP contribution in [0.3, 0.4) is 0 Å². The molecule has 0 aliphatic carbocycles. The topological polar surface area (TPSA) is 87.7 Å². The van der Waals surface area contributed by atoms with Crippen molar-refractivity contribution in [2.24, 2.45) is 0 Å². The van der Waals surface area contributed by atoms with E-state index in [1.54, 1.807) is 12.5 Å². The molecule has 0 amide bonds. The fourth-order valence-electron chi connectivity index (χ4n) is 2.06. The minimum absolute atomic E-state index is 0.163. The predicted molar refractivity (Wildman–Crippen MR) is 77.1 cm³/mol. The summed E-state index contributed by atoms with van der Waals surface area (Å²) in [6.07, 6.45) is 3.55. The molecule has 0 fully saturated rings. The van der Waals surface area contributed by atoms with Crippen molar-refractivity contribution in [1.82, 2.24) is 19.2 Å². The second-order valence-corrected chi connectivity index (χ2v) is 6.07. The summed E-state index contributed by atoms with van der Waals surface area (Å²) in [7, 11) is 0. The van der Waals surface area contributed by atoms with E-state index in [9.17, 15) is 0 Å². The van der Waals surface area contributed by atoms with Crippen molar-refractivity contribution in [3.63, 3.8) is 0 Å². The molecule has 0 bridgehead atoms. The van der Waals surface area contributed by atoms with Gasteiger partial charge in [0.2, 0.25) is 0 Å². The molecule has 0 aliphatic heterocycles. The molecule has 2 rings (SSSR count). The lowest BCUT2D eigenvalue weighted by atomic mass is 9.96. The Kier molecular flexibility index (Phi) is 3.04. The van der Waals surface area contributed by atoms with E-state index in [1.807, 2.05) is 4.57 Å². The van der Waals surface area contributed by atoms with Gasteiger partial charge in [-0.15, -0.1) is 0 Å². The van der Waals surface area contributed by atoms with E-state index in [0.29, 0.717) is 11.5 Å². The Morgan fingerprint density at radius 1 is 1.26 bits per heavy atom.